The molecule has 13 heteroatoms. The van der Waals surface area contributed by atoms with Crippen LogP contribution in [0.2, 0.25) is 0 Å². The van der Waals surface area contributed by atoms with Crippen LogP contribution in [-0.4, -0.2) is 58.5 Å². The number of rotatable bonds is 8. The Kier molecular flexibility index (Phi) is 9.08. The Bertz CT molecular complexity index is 1930. The van der Waals surface area contributed by atoms with Crippen molar-refractivity contribution in [1.29, 1.82) is 5.26 Å². The number of hydrogen-bond acceptors (Lipinski definition) is 10. The first-order valence-electron chi connectivity index (χ1n) is 15.7. The van der Waals surface area contributed by atoms with Crippen LogP contribution in [0.25, 0.3) is 32.1 Å². The van der Waals surface area contributed by atoms with Crippen molar-refractivity contribution in [1.82, 2.24) is 14.9 Å². The summed E-state index contributed by atoms with van der Waals surface area (Å²) in [4.78, 5) is 24.4. The van der Waals surface area contributed by atoms with E-state index in [9.17, 15) is 10.1 Å². The highest BCUT2D eigenvalue weighted by Crippen LogP contribution is 2.48. The van der Waals surface area contributed by atoms with E-state index >= 15 is 8.78 Å². The summed E-state index contributed by atoms with van der Waals surface area (Å²) in [5, 5.41) is 17.8. The molecule has 0 atom stereocenters. The van der Waals surface area contributed by atoms with Gasteiger partial charge in [-0.2, -0.15) is 5.26 Å². The summed E-state index contributed by atoms with van der Waals surface area (Å²) in [6, 6.07) is 4.90. The van der Waals surface area contributed by atoms with Crippen molar-refractivity contribution < 1.29 is 23.0 Å². The first-order chi connectivity index (χ1) is 22.4. The van der Waals surface area contributed by atoms with Gasteiger partial charge in [-0.15, -0.1) is 11.3 Å². The Morgan fingerprint density at radius 3 is 2.53 bits per heavy atom. The molecule has 0 radical (unpaired) electrons. The summed E-state index contributed by atoms with van der Waals surface area (Å²) in [6.07, 6.45) is 3.62. The Hall–Kier alpha value is -3.57. The molecule has 2 N–H and O–H groups in total. The second-order valence-electron chi connectivity index (χ2n) is 13.2. The molecule has 1 aliphatic heterocycles. The van der Waals surface area contributed by atoms with Crippen molar-refractivity contribution in [3.8, 4) is 17.2 Å². The molecule has 6 rings (SSSR count). The lowest BCUT2D eigenvalue weighted by molar-refractivity contribution is 0.0636. The van der Waals surface area contributed by atoms with Crippen LogP contribution in [0.1, 0.15) is 70.1 Å². The van der Waals surface area contributed by atoms with Crippen LogP contribution in [-0.2, 0) is 22.7 Å². The number of halogens is 2. The van der Waals surface area contributed by atoms with Crippen LogP contribution in [0, 0.1) is 23.0 Å². The fraction of sp³-hybridized carbons (Fsp3) is 0.471. The zero-order valence-corrected chi connectivity index (χ0v) is 29.0. The van der Waals surface area contributed by atoms with Crippen molar-refractivity contribution in [2.45, 2.75) is 82.9 Å². The summed E-state index contributed by atoms with van der Waals surface area (Å²) in [6.45, 7) is 8.01. The van der Waals surface area contributed by atoms with E-state index < -0.39 is 23.3 Å². The third-order valence-corrected chi connectivity index (χ3v) is 10.7. The zero-order chi connectivity index (χ0) is 33.7. The van der Waals surface area contributed by atoms with Gasteiger partial charge in [-0.05, 0) is 76.7 Å². The lowest BCUT2D eigenvalue weighted by atomic mass is 9.90. The number of carbonyl (C=O) groups excluding carboxylic acids is 1. The first-order valence-corrected chi connectivity index (χ1v) is 17.5. The quantitative estimate of drug-likeness (QED) is 0.140. The maximum absolute atomic E-state index is 17.2. The highest BCUT2D eigenvalue weighted by Gasteiger charge is 2.37. The smallest absolute Gasteiger partial charge is 0.412 e. The number of nitriles is 1. The summed E-state index contributed by atoms with van der Waals surface area (Å²) in [5.41, 5.74) is 0.389. The number of nitrogens with zero attached hydrogens (tertiary/aromatic N) is 4. The summed E-state index contributed by atoms with van der Waals surface area (Å²) in [7, 11) is 4.18. The van der Waals surface area contributed by atoms with Crippen LogP contribution < -0.4 is 10.6 Å². The predicted molar refractivity (Wildman–Crippen MR) is 183 cm³/mol. The van der Waals surface area contributed by atoms with Crippen molar-refractivity contribution in [3.05, 3.63) is 40.5 Å². The number of anilines is 2. The number of likely N-dealkylation sites (N-methyl/N-ethyl adjacent to an activating group) is 1. The van der Waals surface area contributed by atoms with E-state index in [1.165, 1.54) is 23.9 Å². The standard InChI is InChI=1S/C34H38F2N6O3S2/c1-7-46-31-39-28-25(29(40-31)38-17-34(42(5)6)12-8-9-13-34)20-16-44-15-19(20)24(27(28)36)26-21(35)10-11-22-23(26)18(14-37)30(47-22)41-32(43)45-33(2,3)4/h10-11H,7-9,12-13,15-17H2,1-6H3,(H,41,43)(H,38,39,40). The predicted octanol–water partition coefficient (Wildman–Crippen LogP) is 8.44. The third kappa shape index (κ3) is 6.12. The third-order valence-electron chi connectivity index (χ3n) is 8.90. The van der Waals surface area contributed by atoms with Gasteiger partial charge in [0.2, 0.25) is 0 Å². The van der Waals surface area contributed by atoms with Crippen LogP contribution >= 0.6 is 23.1 Å². The molecule has 3 heterocycles. The van der Waals surface area contributed by atoms with Gasteiger partial charge in [-0.3, -0.25) is 5.32 Å². The molecule has 4 aromatic rings. The number of fused-ring (bicyclic) bond motifs is 4. The number of thiophene rings is 1. The molecule has 0 unspecified atom stereocenters. The molecule has 248 valence electrons. The van der Waals surface area contributed by atoms with Crippen LogP contribution in [0.15, 0.2) is 17.3 Å². The topological polar surface area (TPSA) is 112 Å². The Morgan fingerprint density at radius 2 is 1.87 bits per heavy atom. The Balaban J connectivity index is 1.56. The molecule has 2 aromatic carbocycles. The molecule has 2 aliphatic rings. The maximum Gasteiger partial charge on any atom is 0.412 e. The molecule has 1 fully saturated rings. The number of nitrogens with one attached hydrogen (secondary N) is 2. The second-order valence-corrected chi connectivity index (χ2v) is 15.5. The molecular formula is C34H38F2N6O3S2. The molecule has 1 aliphatic carbocycles. The normalized spacial score (nSPS) is 15.7. The molecule has 2 aromatic heterocycles. The van der Waals surface area contributed by atoms with E-state index in [4.69, 9.17) is 14.5 Å². The van der Waals surface area contributed by atoms with E-state index in [1.807, 2.05) is 6.92 Å². The average molecular weight is 681 g/mol. The van der Waals surface area contributed by atoms with E-state index in [2.05, 4.69) is 40.7 Å². The Labute approximate surface area is 281 Å². The highest BCUT2D eigenvalue weighted by molar-refractivity contribution is 7.99. The van der Waals surface area contributed by atoms with Gasteiger partial charge in [0.1, 0.15) is 33.8 Å². The van der Waals surface area contributed by atoms with Gasteiger partial charge in [-0.25, -0.2) is 23.5 Å². The fourth-order valence-corrected chi connectivity index (χ4v) is 8.27. The van der Waals surface area contributed by atoms with Crippen LogP contribution in [0.4, 0.5) is 24.4 Å². The zero-order valence-electron chi connectivity index (χ0n) is 27.4. The molecule has 1 amide bonds. The van der Waals surface area contributed by atoms with Crippen molar-refractivity contribution in [3.63, 3.8) is 0 Å². The minimum Gasteiger partial charge on any atom is -0.444 e. The number of hydrogen-bond donors (Lipinski definition) is 2. The van der Waals surface area contributed by atoms with Gasteiger partial charge in [0.25, 0.3) is 0 Å². The first kappa shape index (κ1) is 33.3. The molecule has 47 heavy (non-hydrogen) atoms. The van der Waals surface area contributed by atoms with Crippen molar-refractivity contribution in [2.24, 2.45) is 0 Å². The van der Waals surface area contributed by atoms with Gasteiger partial charge in [0.05, 0.1) is 24.2 Å². The number of ether oxygens (including phenoxy) is 2. The molecule has 9 nitrogen and oxygen atoms in total. The largest absolute Gasteiger partial charge is 0.444 e. The molecule has 0 spiro atoms. The number of aromatic nitrogens is 2. The van der Waals surface area contributed by atoms with Crippen molar-refractivity contribution >= 4 is 61.0 Å². The van der Waals surface area contributed by atoms with Crippen LogP contribution in [0.3, 0.4) is 0 Å². The highest BCUT2D eigenvalue weighted by atomic mass is 32.2. The monoisotopic (exact) mass is 680 g/mol. The summed E-state index contributed by atoms with van der Waals surface area (Å²) < 4.78 is 45.0. The van der Waals surface area contributed by atoms with Gasteiger partial charge in [0.15, 0.2) is 11.0 Å². The minimum absolute atomic E-state index is 0.00358. The number of benzene rings is 2. The van der Waals surface area contributed by atoms with Gasteiger partial charge < -0.3 is 19.7 Å². The summed E-state index contributed by atoms with van der Waals surface area (Å²) in [5.74, 6) is -0.203. The average Bonchev–Trinajstić information content (AvgIpc) is 3.75. The van der Waals surface area contributed by atoms with Gasteiger partial charge in [-0.1, -0.05) is 31.5 Å². The molecule has 0 saturated heterocycles. The minimum atomic E-state index is -0.770. The summed E-state index contributed by atoms with van der Waals surface area (Å²) >= 11 is 2.50. The lowest BCUT2D eigenvalue weighted by Crippen LogP contribution is -2.47. The molecule has 1 saturated carbocycles. The fourth-order valence-electron chi connectivity index (χ4n) is 6.66. The van der Waals surface area contributed by atoms with Crippen molar-refractivity contribution in [2.75, 3.05) is 37.0 Å². The van der Waals surface area contributed by atoms with Gasteiger partial charge in [0, 0.05) is 33.3 Å². The SMILES string of the molecule is CCSc1nc(NCC2(N(C)C)CCCC2)c2c3c(c(-c4c(F)ccc5sc(NC(=O)OC(C)(C)C)c(C#N)c45)c(F)c2n1)COC3. The van der Waals surface area contributed by atoms with E-state index in [0.717, 1.165) is 37.0 Å². The molecular weight excluding hydrogens is 643 g/mol. The number of carbonyl (C=O) groups is 1. The number of thioether (sulfide) groups is 1. The van der Waals surface area contributed by atoms with Gasteiger partial charge >= 0.3 is 6.09 Å². The number of amides is 1. The maximum atomic E-state index is 17.2. The lowest BCUT2D eigenvalue weighted by Gasteiger charge is -2.36. The van der Waals surface area contributed by atoms with E-state index in [1.54, 1.807) is 20.8 Å². The molecule has 0 bridgehead atoms. The second kappa shape index (κ2) is 12.8. The van der Waals surface area contributed by atoms with E-state index in [-0.39, 0.29) is 51.3 Å². The Morgan fingerprint density at radius 1 is 1.15 bits per heavy atom. The van der Waals surface area contributed by atoms with E-state index in [0.29, 0.717) is 44.5 Å². The van der Waals surface area contributed by atoms with Crippen LogP contribution in [0.5, 0.6) is 0 Å².